The fourth-order valence-corrected chi connectivity index (χ4v) is 8.66. The van der Waals surface area contributed by atoms with Crippen LogP contribution < -0.4 is 24.0 Å². The number of alkyl halides is 6. The molecule has 1 aromatic heterocycles. The Balaban J connectivity index is 0.000000203. The van der Waals surface area contributed by atoms with Crippen molar-refractivity contribution in [1.82, 2.24) is 14.4 Å². The van der Waals surface area contributed by atoms with Gasteiger partial charge in [-0.25, -0.2) is 31.3 Å². The molecule has 58 heavy (non-hydrogen) atoms. The molecule has 0 saturated carbocycles. The molecule has 0 aliphatic carbocycles. The van der Waals surface area contributed by atoms with E-state index in [0.717, 1.165) is 73.7 Å². The zero-order valence-corrected chi connectivity index (χ0v) is 32.6. The zero-order valence-electron chi connectivity index (χ0n) is 31.0. The number of hydrogen-bond acceptors (Lipinski definition) is 8. The van der Waals surface area contributed by atoms with Gasteiger partial charge in [0.2, 0.25) is 25.9 Å². The largest absolute Gasteiger partial charge is 0.439 e. The van der Waals surface area contributed by atoms with Crippen LogP contribution in [0.3, 0.4) is 0 Å². The van der Waals surface area contributed by atoms with E-state index in [4.69, 9.17) is 4.74 Å². The third-order valence-electron chi connectivity index (χ3n) is 9.59. The summed E-state index contributed by atoms with van der Waals surface area (Å²) in [5, 5.41) is 0. The van der Waals surface area contributed by atoms with Gasteiger partial charge in [0.25, 0.3) is 0 Å². The summed E-state index contributed by atoms with van der Waals surface area (Å²) in [5.74, 6) is 0.222. The highest BCUT2D eigenvalue weighted by molar-refractivity contribution is 7.89. The lowest BCUT2D eigenvalue weighted by Crippen LogP contribution is -2.41. The molecule has 2 aliphatic rings. The predicted molar refractivity (Wildman–Crippen MR) is 207 cm³/mol. The van der Waals surface area contributed by atoms with Crippen LogP contribution in [0.2, 0.25) is 0 Å². The maximum atomic E-state index is 12.7. The molecule has 2 N–H and O–H groups in total. The lowest BCUT2D eigenvalue weighted by atomic mass is 10.2. The minimum Gasteiger partial charge on any atom is -0.439 e. The first-order valence-corrected chi connectivity index (χ1v) is 21.0. The van der Waals surface area contributed by atoms with Gasteiger partial charge in [0.05, 0.1) is 20.9 Å². The van der Waals surface area contributed by atoms with Crippen molar-refractivity contribution in [1.29, 1.82) is 0 Å². The lowest BCUT2D eigenvalue weighted by molar-refractivity contribution is -0.138. The van der Waals surface area contributed by atoms with Crippen molar-refractivity contribution in [3.8, 4) is 11.6 Å². The minimum absolute atomic E-state index is 0.0308. The van der Waals surface area contributed by atoms with Crippen LogP contribution in [0.25, 0.3) is 0 Å². The Morgan fingerprint density at radius 3 is 1.81 bits per heavy atom. The topological polar surface area (TPSA) is 121 Å². The molecule has 0 spiro atoms. The number of benzene rings is 4. The number of aromatic nitrogens is 1. The van der Waals surface area contributed by atoms with Gasteiger partial charge in [-0.2, -0.15) is 26.3 Å². The molecule has 0 amide bonds. The molecule has 1 atom stereocenters. The number of sulfonamides is 2. The van der Waals surface area contributed by atoms with Crippen LogP contribution in [-0.2, 0) is 45.2 Å². The molecule has 3 heterocycles. The monoisotopic (exact) mass is 847 g/mol. The Bertz CT molecular complexity index is 2400. The number of nitrogens with one attached hydrogen (secondary N) is 2. The fraction of sp³-hybridized carbons (Fsp3) is 0.275. The second-order valence-electron chi connectivity index (χ2n) is 13.5. The van der Waals surface area contributed by atoms with Crippen LogP contribution >= 0.6 is 0 Å². The molecule has 5 aromatic rings. The maximum absolute atomic E-state index is 12.7. The van der Waals surface area contributed by atoms with E-state index in [0.29, 0.717) is 12.7 Å². The number of rotatable bonds is 12. The van der Waals surface area contributed by atoms with Gasteiger partial charge in [0, 0.05) is 62.4 Å². The quantitative estimate of drug-likeness (QED) is 0.123. The lowest BCUT2D eigenvalue weighted by Gasteiger charge is -2.27. The van der Waals surface area contributed by atoms with Crippen molar-refractivity contribution in [3.63, 3.8) is 0 Å². The second kappa shape index (κ2) is 17.4. The van der Waals surface area contributed by atoms with Crippen LogP contribution in [-0.4, -0.2) is 60.6 Å². The smallest absolute Gasteiger partial charge is 0.417 e. The van der Waals surface area contributed by atoms with Crippen molar-refractivity contribution in [2.75, 3.05) is 42.5 Å². The molecule has 0 saturated heterocycles. The fourth-order valence-electron chi connectivity index (χ4n) is 6.52. The van der Waals surface area contributed by atoms with E-state index in [1.54, 1.807) is 0 Å². The first-order chi connectivity index (χ1) is 27.4. The van der Waals surface area contributed by atoms with Crippen LogP contribution in [0, 0.1) is 0 Å². The van der Waals surface area contributed by atoms with Crippen LogP contribution in [0.1, 0.15) is 29.2 Å². The summed E-state index contributed by atoms with van der Waals surface area (Å²) in [4.78, 5) is 7.79. The molecule has 308 valence electrons. The molecule has 7 rings (SSSR count). The zero-order chi connectivity index (χ0) is 41.7. The van der Waals surface area contributed by atoms with Crippen LogP contribution in [0.15, 0.2) is 125 Å². The number of nitrogens with zero attached hydrogens (tertiary/aromatic N) is 3. The third kappa shape index (κ3) is 10.5. The van der Waals surface area contributed by atoms with E-state index >= 15 is 0 Å². The highest BCUT2D eigenvalue weighted by atomic mass is 32.2. The van der Waals surface area contributed by atoms with Crippen LogP contribution in [0.4, 0.5) is 37.7 Å². The average molecular weight is 848 g/mol. The summed E-state index contributed by atoms with van der Waals surface area (Å²) >= 11 is 0. The van der Waals surface area contributed by atoms with Gasteiger partial charge >= 0.3 is 12.4 Å². The van der Waals surface area contributed by atoms with E-state index in [2.05, 4.69) is 30.3 Å². The summed E-state index contributed by atoms with van der Waals surface area (Å²) in [6.45, 7) is 4.55. The number of hydrogen-bond donors (Lipinski definition) is 2. The molecule has 0 bridgehead atoms. The van der Waals surface area contributed by atoms with E-state index in [-0.39, 0.29) is 40.6 Å². The Morgan fingerprint density at radius 2 is 1.21 bits per heavy atom. The summed E-state index contributed by atoms with van der Waals surface area (Å²) < 4.78 is 136. The normalized spacial score (nSPS) is 14.7. The van der Waals surface area contributed by atoms with E-state index in [1.807, 2.05) is 49.4 Å². The Morgan fingerprint density at radius 1 is 0.672 bits per heavy atom. The highest BCUT2D eigenvalue weighted by Crippen LogP contribution is 2.32. The Kier molecular flexibility index (Phi) is 12.7. The van der Waals surface area contributed by atoms with E-state index < -0.39 is 43.5 Å². The molecule has 10 nitrogen and oxygen atoms in total. The predicted octanol–water partition coefficient (Wildman–Crippen LogP) is 7.67. The molecular weight excluding hydrogens is 809 g/mol. The molecule has 4 aromatic carbocycles. The molecule has 2 aliphatic heterocycles. The van der Waals surface area contributed by atoms with E-state index in [9.17, 15) is 43.2 Å². The number of anilines is 2. The van der Waals surface area contributed by atoms with Gasteiger partial charge in [0.1, 0.15) is 5.75 Å². The molecule has 0 radical (unpaired) electrons. The standard InChI is InChI=1S/C23H22F3N3O3S.C17H17F3N2O2S/c1-16(29-13-12-17-4-2-3-5-21(17)29)14-28-33(30,31)20-9-7-19(8-10-20)32-22-11-6-18(15-27-22)23(24,25)26;18-17(19,20)14-5-7-15(8-6-14)25(23,24)21-10-12-22-11-9-13-3-1-2-4-16(13)22/h2-11,15-16,28H,12-14H2,1H3;1-8,21H,9-12H2. The average Bonchev–Trinajstić information content (AvgIpc) is 3.82. The van der Waals surface area contributed by atoms with Crippen molar-refractivity contribution in [3.05, 3.63) is 138 Å². The van der Waals surface area contributed by atoms with Gasteiger partial charge < -0.3 is 14.5 Å². The van der Waals surface area contributed by atoms with Crippen LogP contribution in [0.5, 0.6) is 11.6 Å². The maximum Gasteiger partial charge on any atom is 0.417 e. The number of para-hydroxylation sites is 2. The van der Waals surface area contributed by atoms with Gasteiger partial charge in [-0.05, 0) is 97.6 Å². The second-order valence-corrected chi connectivity index (χ2v) is 17.0. The van der Waals surface area contributed by atoms with Crippen molar-refractivity contribution >= 4 is 31.4 Å². The Hall–Kier alpha value is -5.17. The minimum atomic E-state index is -4.49. The summed E-state index contributed by atoms with van der Waals surface area (Å²) in [5.41, 5.74) is 2.95. The first kappa shape index (κ1) is 42.4. The summed E-state index contributed by atoms with van der Waals surface area (Å²) in [6.07, 6.45) is -6.44. The molecule has 0 fully saturated rings. The summed E-state index contributed by atoms with van der Waals surface area (Å²) in [7, 11) is -7.58. The SMILES string of the molecule is CC(CNS(=O)(=O)c1ccc(Oc2ccc(C(F)(F)F)cn2)cc1)N1CCc2ccccc21.O=S(=O)(NCCN1CCc2ccccc21)c1ccc(C(F)(F)F)cc1. The molecule has 1 unspecified atom stereocenters. The van der Waals surface area contributed by atoms with Crippen molar-refractivity contribution in [2.45, 2.75) is 48.0 Å². The number of ether oxygens (including phenoxy) is 1. The van der Waals surface area contributed by atoms with Gasteiger partial charge in [-0.1, -0.05) is 36.4 Å². The first-order valence-electron chi connectivity index (χ1n) is 18.1. The van der Waals surface area contributed by atoms with E-state index in [1.165, 1.54) is 35.4 Å². The number of halogens is 6. The summed E-state index contributed by atoms with van der Waals surface area (Å²) in [6, 6.07) is 27.0. The molecular formula is C40H39F6N5O5S2. The van der Waals surface area contributed by atoms with Gasteiger partial charge in [0.15, 0.2) is 0 Å². The molecule has 18 heteroatoms. The van der Waals surface area contributed by atoms with Crippen molar-refractivity contribution in [2.24, 2.45) is 0 Å². The van der Waals surface area contributed by atoms with Gasteiger partial charge in [-0.3, -0.25) is 0 Å². The number of pyridine rings is 1. The van der Waals surface area contributed by atoms with Crippen molar-refractivity contribution < 1.29 is 47.9 Å². The van der Waals surface area contributed by atoms with Gasteiger partial charge in [-0.15, -0.1) is 0 Å². The third-order valence-corrected chi connectivity index (χ3v) is 12.5. The number of fused-ring (bicyclic) bond motifs is 2. The highest BCUT2D eigenvalue weighted by Gasteiger charge is 2.32. The Labute approximate surface area is 332 Å².